The summed E-state index contributed by atoms with van der Waals surface area (Å²) in [4.78, 5) is 14.1. The molecule has 1 aromatic carbocycles. The van der Waals surface area contributed by atoms with Crippen LogP contribution in [0.3, 0.4) is 0 Å². The number of benzene rings is 1. The molecule has 0 atom stereocenters. The third-order valence-corrected chi connectivity index (χ3v) is 2.99. The van der Waals surface area contributed by atoms with E-state index in [2.05, 4.69) is 4.98 Å². The fourth-order valence-electron chi connectivity index (χ4n) is 1.41. The second-order valence-electron chi connectivity index (χ2n) is 3.58. The van der Waals surface area contributed by atoms with Crippen molar-refractivity contribution in [1.82, 2.24) is 4.98 Å². The Morgan fingerprint density at radius 3 is 2.65 bits per heavy atom. The summed E-state index contributed by atoms with van der Waals surface area (Å²) in [5.41, 5.74) is -0.195. The number of nitrogens with zero attached hydrogens (tertiary/aromatic N) is 3. The van der Waals surface area contributed by atoms with E-state index in [0.29, 0.717) is 0 Å². The molecule has 0 amide bonds. The average Bonchev–Trinajstić information content (AvgIpc) is 2.42. The zero-order valence-electron chi connectivity index (χ0n) is 9.71. The maximum Gasteiger partial charge on any atom is 0.313 e. The monoisotopic (exact) mass is 309 g/mol. The largest absolute Gasteiger partial charge is 0.450 e. The molecular formula is C12H5Cl2N3O3. The lowest BCUT2D eigenvalue weighted by atomic mass is 10.3. The fraction of sp³-hybridized carbons (Fsp3) is 0. The SMILES string of the molecule is N#Cc1cc(Oc2cc(Cl)c(Cl)cc2[N+](=O)[O-])ccn1. The number of hydrogen-bond donors (Lipinski definition) is 0. The third-order valence-electron chi connectivity index (χ3n) is 2.27. The summed E-state index contributed by atoms with van der Waals surface area (Å²) in [6.07, 6.45) is 1.36. The van der Waals surface area contributed by atoms with Crippen molar-refractivity contribution in [3.63, 3.8) is 0 Å². The van der Waals surface area contributed by atoms with Crippen molar-refractivity contribution in [3.8, 4) is 17.6 Å². The van der Waals surface area contributed by atoms with Gasteiger partial charge in [-0.05, 0) is 6.07 Å². The van der Waals surface area contributed by atoms with Crippen molar-refractivity contribution in [3.05, 3.63) is 56.3 Å². The number of ether oxygens (including phenoxy) is 1. The van der Waals surface area contributed by atoms with E-state index in [1.807, 2.05) is 6.07 Å². The molecule has 0 radical (unpaired) electrons. The number of halogens is 2. The highest BCUT2D eigenvalue weighted by atomic mass is 35.5. The first kappa shape index (κ1) is 14.1. The molecule has 0 fully saturated rings. The quantitative estimate of drug-likeness (QED) is 0.632. The highest BCUT2D eigenvalue weighted by molar-refractivity contribution is 6.42. The van der Waals surface area contributed by atoms with Crippen molar-refractivity contribution in [2.45, 2.75) is 0 Å². The molecule has 0 aliphatic rings. The summed E-state index contributed by atoms with van der Waals surface area (Å²) in [6, 6.07) is 7.00. The molecule has 0 N–H and O–H groups in total. The first-order valence-electron chi connectivity index (χ1n) is 5.18. The van der Waals surface area contributed by atoms with Crippen LogP contribution in [0.15, 0.2) is 30.5 Å². The molecule has 0 saturated heterocycles. The second kappa shape index (κ2) is 5.74. The number of nitro groups is 1. The highest BCUT2D eigenvalue weighted by Crippen LogP contribution is 2.37. The zero-order valence-corrected chi connectivity index (χ0v) is 11.2. The Morgan fingerprint density at radius 1 is 1.30 bits per heavy atom. The molecule has 20 heavy (non-hydrogen) atoms. The number of nitro benzene ring substituents is 1. The normalized spacial score (nSPS) is 9.85. The Hall–Kier alpha value is -2.36. The molecule has 0 spiro atoms. The Bertz CT molecular complexity index is 728. The van der Waals surface area contributed by atoms with Crippen LogP contribution in [-0.2, 0) is 0 Å². The van der Waals surface area contributed by atoms with E-state index >= 15 is 0 Å². The summed E-state index contributed by atoms with van der Waals surface area (Å²) in [5.74, 6) is 0.164. The number of hydrogen-bond acceptors (Lipinski definition) is 5. The topological polar surface area (TPSA) is 89.0 Å². The molecular weight excluding hydrogens is 305 g/mol. The summed E-state index contributed by atoms with van der Waals surface area (Å²) >= 11 is 11.6. The predicted molar refractivity (Wildman–Crippen MR) is 72.1 cm³/mol. The molecule has 100 valence electrons. The van der Waals surface area contributed by atoms with Gasteiger partial charge in [-0.2, -0.15) is 5.26 Å². The molecule has 2 rings (SSSR count). The summed E-state index contributed by atoms with van der Waals surface area (Å²) < 4.78 is 5.37. The highest BCUT2D eigenvalue weighted by Gasteiger charge is 2.19. The van der Waals surface area contributed by atoms with Crippen LogP contribution in [0.2, 0.25) is 10.0 Å². The number of pyridine rings is 1. The fourth-order valence-corrected chi connectivity index (χ4v) is 1.72. The lowest BCUT2D eigenvalue weighted by Gasteiger charge is -2.07. The van der Waals surface area contributed by atoms with Crippen LogP contribution in [0.5, 0.6) is 11.5 Å². The molecule has 0 bridgehead atoms. The first-order chi connectivity index (χ1) is 9.51. The van der Waals surface area contributed by atoms with E-state index in [0.717, 1.165) is 6.07 Å². The molecule has 8 heteroatoms. The van der Waals surface area contributed by atoms with E-state index in [1.165, 1.54) is 24.4 Å². The van der Waals surface area contributed by atoms with Gasteiger partial charge in [0.1, 0.15) is 17.5 Å². The van der Waals surface area contributed by atoms with Gasteiger partial charge < -0.3 is 4.74 Å². The number of rotatable bonds is 3. The molecule has 0 aliphatic carbocycles. The van der Waals surface area contributed by atoms with Crippen LogP contribution in [-0.4, -0.2) is 9.91 Å². The minimum Gasteiger partial charge on any atom is -0.450 e. The average molecular weight is 310 g/mol. The van der Waals surface area contributed by atoms with Gasteiger partial charge >= 0.3 is 5.69 Å². The second-order valence-corrected chi connectivity index (χ2v) is 4.40. The van der Waals surface area contributed by atoms with Crippen molar-refractivity contribution >= 4 is 28.9 Å². The van der Waals surface area contributed by atoms with E-state index in [1.54, 1.807) is 0 Å². The van der Waals surface area contributed by atoms with Crippen molar-refractivity contribution in [1.29, 1.82) is 5.26 Å². The van der Waals surface area contributed by atoms with Crippen molar-refractivity contribution in [2.75, 3.05) is 0 Å². The number of nitriles is 1. The Balaban J connectivity index is 2.45. The van der Waals surface area contributed by atoms with E-state index in [9.17, 15) is 10.1 Å². The van der Waals surface area contributed by atoms with Crippen molar-refractivity contribution < 1.29 is 9.66 Å². The van der Waals surface area contributed by atoms with Crippen LogP contribution < -0.4 is 4.74 Å². The van der Waals surface area contributed by atoms with Gasteiger partial charge in [0.25, 0.3) is 0 Å². The minimum atomic E-state index is -0.635. The van der Waals surface area contributed by atoms with Gasteiger partial charge in [-0.3, -0.25) is 10.1 Å². The van der Waals surface area contributed by atoms with Crippen LogP contribution in [0, 0.1) is 21.4 Å². The van der Waals surface area contributed by atoms with Gasteiger partial charge in [-0.1, -0.05) is 23.2 Å². The molecule has 1 heterocycles. The zero-order chi connectivity index (χ0) is 14.7. The summed E-state index contributed by atoms with van der Waals surface area (Å²) in [6.45, 7) is 0. The lowest BCUT2D eigenvalue weighted by Crippen LogP contribution is -1.94. The Labute approximate surface area is 123 Å². The number of aromatic nitrogens is 1. The Kier molecular flexibility index (Phi) is 4.03. The van der Waals surface area contributed by atoms with Gasteiger partial charge in [-0.15, -0.1) is 0 Å². The third kappa shape index (κ3) is 2.96. The van der Waals surface area contributed by atoms with E-state index in [4.69, 9.17) is 33.2 Å². The predicted octanol–water partition coefficient (Wildman–Crippen LogP) is 3.96. The van der Waals surface area contributed by atoms with Crippen LogP contribution >= 0.6 is 23.2 Å². The van der Waals surface area contributed by atoms with Crippen molar-refractivity contribution in [2.24, 2.45) is 0 Å². The van der Waals surface area contributed by atoms with Gasteiger partial charge in [0, 0.05) is 24.4 Å². The minimum absolute atomic E-state index is 0.0539. The smallest absolute Gasteiger partial charge is 0.313 e. The summed E-state index contributed by atoms with van der Waals surface area (Å²) in [7, 11) is 0. The molecule has 2 aromatic rings. The molecule has 0 unspecified atom stereocenters. The van der Waals surface area contributed by atoms with Gasteiger partial charge in [0.15, 0.2) is 0 Å². The van der Waals surface area contributed by atoms with Gasteiger partial charge in [-0.25, -0.2) is 4.98 Å². The molecule has 6 nitrogen and oxygen atoms in total. The van der Waals surface area contributed by atoms with Crippen LogP contribution in [0.4, 0.5) is 5.69 Å². The van der Waals surface area contributed by atoms with Crippen LogP contribution in [0.1, 0.15) is 5.69 Å². The lowest BCUT2D eigenvalue weighted by molar-refractivity contribution is -0.385. The van der Waals surface area contributed by atoms with Gasteiger partial charge in [0.05, 0.1) is 15.0 Å². The van der Waals surface area contributed by atoms with Crippen LogP contribution in [0.25, 0.3) is 0 Å². The molecule has 0 saturated carbocycles. The van der Waals surface area contributed by atoms with Gasteiger partial charge in [0.2, 0.25) is 5.75 Å². The molecule has 0 aliphatic heterocycles. The van der Waals surface area contributed by atoms with E-state index < -0.39 is 4.92 Å². The first-order valence-corrected chi connectivity index (χ1v) is 5.94. The maximum atomic E-state index is 11.0. The molecule has 1 aromatic heterocycles. The van der Waals surface area contributed by atoms with E-state index in [-0.39, 0.29) is 32.9 Å². The maximum absolute atomic E-state index is 11.0. The standard InChI is InChI=1S/C12H5Cl2N3O3/c13-9-4-11(17(18)19)12(5-10(9)14)20-8-1-2-16-7(3-8)6-15/h1-5H. The Morgan fingerprint density at radius 2 is 2.00 bits per heavy atom. The summed E-state index contributed by atoms with van der Waals surface area (Å²) in [5, 5.41) is 19.9.